The number of benzene rings is 2. The van der Waals surface area contributed by atoms with E-state index in [1.54, 1.807) is 56.5 Å². The average molecular weight is 484 g/mol. The van der Waals surface area contributed by atoms with Crippen molar-refractivity contribution in [3.05, 3.63) is 69.9 Å². The number of methoxy groups -OCH3 is 3. The molecule has 2 aromatic carbocycles. The smallest absolute Gasteiger partial charge is 0.257 e. The highest BCUT2D eigenvalue weighted by molar-refractivity contribution is 5.91. The van der Waals surface area contributed by atoms with Gasteiger partial charge in [0.05, 0.1) is 21.3 Å². The fourth-order valence-electron chi connectivity index (χ4n) is 3.51. The highest BCUT2D eigenvalue weighted by Crippen LogP contribution is 2.29. The normalized spacial score (nSPS) is 10.5. The van der Waals surface area contributed by atoms with Crippen molar-refractivity contribution in [1.29, 1.82) is 0 Å². The van der Waals surface area contributed by atoms with Crippen LogP contribution >= 0.6 is 0 Å². The number of aryl methyl sites for hydroxylation is 1. The molecule has 0 aliphatic carbocycles. The topological polar surface area (TPSA) is 121 Å². The van der Waals surface area contributed by atoms with Crippen LogP contribution in [0.4, 0.5) is 5.69 Å². The first-order valence-electron chi connectivity index (χ1n) is 10.9. The van der Waals surface area contributed by atoms with E-state index < -0.39 is 11.5 Å². The molecule has 0 aliphatic heterocycles. The van der Waals surface area contributed by atoms with Crippen molar-refractivity contribution in [3.8, 4) is 23.0 Å². The van der Waals surface area contributed by atoms with Crippen LogP contribution in [0.5, 0.6) is 23.0 Å². The zero-order valence-electron chi connectivity index (χ0n) is 20.2. The summed E-state index contributed by atoms with van der Waals surface area (Å²) in [6.45, 7) is 1.15. The average Bonchev–Trinajstić information content (AvgIpc) is 2.87. The molecule has 0 radical (unpaired) electrons. The molecule has 0 saturated carbocycles. The van der Waals surface area contributed by atoms with E-state index in [9.17, 15) is 14.7 Å². The quantitative estimate of drug-likeness (QED) is 0.426. The van der Waals surface area contributed by atoms with Crippen LogP contribution < -0.4 is 29.8 Å². The third-order valence-electron chi connectivity index (χ3n) is 5.31. The van der Waals surface area contributed by atoms with Gasteiger partial charge in [0.15, 0.2) is 11.5 Å². The van der Waals surface area contributed by atoms with E-state index in [1.165, 1.54) is 18.8 Å². The van der Waals surface area contributed by atoms with Gasteiger partial charge in [-0.1, -0.05) is 0 Å². The minimum absolute atomic E-state index is 0.0363. The van der Waals surface area contributed by atoms with E-state index in [0.29, 0.717) is 39.9 Å². The van der Waals surface area contributed by atoms with Crippen molar-refractivity contribution in [3.63, 3.8) is 0 Å². The molecule has 0 saturated heterocycles. The van der Waals surface area contributed by atoms with E-state index in [4.69, 9.17) is 18.9 Å². The lowest BCUT2D eigenvalue weighted by molar-refractivity contribution is -0.116. The molecule has 0 spiro atoms. The fraction of sp³-hybridized carbons (Fsp3) is 0.320. The van der Waals surface area contributed by atoms with Crippen LogP contribution in [0.25, 0.3) is 0 Å². The molecular formula is C25H29N3O7. The maximum atomic E-state index is 13.2. The number of aliphatic hydroxyl groups excluding tert-OH is 1. The van der Waals surface area contributed by atoms with E-state index in [1.807, 2.05) is 0 Å². The highest BCUT2D eigenvalue weighted by Gasteiger charge is 2.17. The number of amides is 1. The Kier molecular flexibility index (Phi) is 8.69. The summed E-state index contributed by atoms with van der Waals surface area (Å²) in [4.78, 5) is 30.6. The van der Waals surface area contributed by atoms with Gasteiger partial charge >= 0.3 is 0 Å². The van der Waals surface area contributed by atoms with Crippen molar-refractivity contribution < 1.29 is 28.8 Å². The van der Waals surface area contributed by atoms with Crippen molar-refractivity contribution in [1.82, 2.24) is 9.55 Å². The molecule has 0 fully saturated rings. The van der Waals surface area contributed by atoms with E-state index >= 15 is 0 Å². The summed E-state index contributed by atoms with van der Waals surface area (Å²) in [5, 5.41) is 12.1. The number of anilines is 1. The third-order valence-corrected chi connectivity index (χ3v) is 5.31. The lowest BCUT2D eigenvalue weighted by Gasteiger charge is -2.16. The lowest BCUT2D eigenvalue weighted by Crippen LogP contribution is -2.34. The summed E-state index contributed by atoms with van der Waals surface area (Å²) in [7, 11) is 4.59. The number of nitrogens with one attached hydrogen (secondary N) is 1. The maximum Gasteiger partial charge on any atom is 0.257 e. The molecule has 35 heavy (non-hydrogen) atoms. The first kappa shape index (κ1) is 25.6. The molecule has 1 amide bonds. The van der Waals surface area contributed by atoms with Crippen molar-refractivity contribution in [2.45, 2.75) is 26.5 Å². The number of aliphatic hydroxyl groups is 1. The molecule has 3 rings (SSSR count). The predicted molar refractivity (Wildman–Crippen MR) is 130 cm³/mol. The number of carbonyl (C=O) groups excluding carboxylic acids is 1. The number of rotatable bonds is 11. The van der Waals surface area contributed by atoms with Crippen LogP contribution in [0.1, 0.15) is 17.1 Å². The summed E-state index contributed by atoms with van der Waals surface area (Å²) in [5.74, 6) is 2.06. The third kappa shape index (κ3) is 6.30. The number of hydrogen-bond donors (Lipinski definition) is 2. The molecule has 2 N–H and O–H groups in total. The summed E-state index contributed by atoms with van der Waals surface area (Å²) in [6.07, 6.45) is 0.134. The number of nitrogens with zero attached hydrogens (tertiary/aromatic N) is 2. The SMILES string of the molecule is COc1ccc(OCc2nc(C)c(CCO)c(=O)n2CC(=O)Nc2ccc(OC)c(OC)c2)cc1. The Bertz CT molecular complexity index is 1220. The molecule has 1 heterocycles. The second-order valence-corrected chi connectivity index (χ2v) is 7.54. The van der Waals surface area contributed by atoms with Crippen molar-refractivity contribution >= 4 is 11.6 Å². The molecule has 1 aromatic heterocycles. The van der Waals surface area contributed by atoms with Gasteiger partial charge in [0.25, 0.3) is 5.56 Å². The van der Waals surface area contributed by atoms with Crippen molar-refractivity contribution in [2.75, 3.05) is 33.3 Å². The Morgan fingerprint density at radius 1 is 1.00 bits per heavy atom. The Labute approximate surface area is 203 Å². The van der Waals surface area contributed by atoms with E-state index in [0.717, 1.165) is 0 Å². The van der Waals surface area contributed by atoms with Gasteiger partial charge in [-0.2, -0.15) is 0 Å². The van der Waals surface area contributed by atoms with E-state index in [-0.39, 0.29) is 32.0 Å². The molecule has 10 heteroatoms. The van der Waals surface area contributed by atoms with Gasteiger partial charge in [-0.3, -0.25) is 14.2 Å². The molecule has 0 bridgehead atoms. The molecule has 186 valence electrons. The second-order valence-electron chi connectivity index (χ2n) is 7.54. The largest absolute Gasteiger partial charge is 0.497 e. The van der Waals surface area contributed by atoms with Crippen LogP contribution in [0.3, 0.4) is 0 Å². The molecular weight excluding hydrogens is 454 g/mol. The molecule has 3 aromatic rings. The second kappa shape index (κ2) is 11.9. The van der Waals surface area contributed by atoms with Gasteiger partial charge in [0, 0.05) is 36.0 Å². The summed E-state index contributed by atoms with van der Waals surface area (Å²) < 4.78 is 22.7. The van der Waals surface area contributed by atoms with Gasteiger partial charge in [0.1, 0.15) is 30.5 Å². The summed E-state index contributed by atoms with van der Waals surface area (Å²) in [5.41, 5.74) is 0.906. The predicted octanol–water partition coefficient (Wildman–Crippen LogP) is 2.33. The van der Waals surface area contributed by atoms with Gasteiger partial charge in [-0.05, 0) is 43.3 Å². The van der Waals surface area contributed by atoms with Crippen LogP contribution in [0.2, 0.25) is 0 Å². The van der Waals surface area contributed by atoms with Crippen LogP contribution in [0.15, 0.2) is 47.3 Å². The van der Waals surface area contributed by atoms with Gasteiger partial charge < -0.3 is 29.4 Å². The Balaban J connectivity index is 1.85. The summed E-state index contributed by atoms with van der Waals surface area (Å²) in [6, 6.07) is 11.9. The minimum atomic E-state index is -0.439. The van der Waals surface area contributed by atoms with Gasteiger partial charge in [-0.25, -0.2) is 4.98 Å². The van der Waals surface area contributed by atoms with Gasteiger partial charge in [0.2, 0.25) is 5.91 Å². The molecule has 0 aliphatic rings. The lowest BCUT2D eigenvalue weighted by atomic mass is 10.1. The van der Waals surface area contributed by atoms with E-state index in [2.05, 4.69) is 10.3 Å². The summed E-state index contributed by atoms with van der Waals surface area (Å²) >= 11 is 0. The Hall–Kier alpha value is -4.05. The fourth-order valence-corrected chi connectivity index (χ4v) is 3.51. The number of aromatic nitrogens is 2. The molecule has 0 atom stereocenters. The highest BCUT2D eigenvalue weighted by atomic mass is 16.5. The molecule has 10 nitrogen and oxygen atoms in total. The Morgan fingerprint density at radius 3 is 2.31 bits per heavy atom. The Morgan fingerprint density at radius 2 is 1.69 bits per heavy atom. The first-order chi connectivity index (χ1) is 16.9. The van der Waals surface area contributed by atoms with Crippen LogP contribution in [-0.4, -0.2) is 48.5 Å². The maximum absolute atomic E-state index is 13.2. The van der Waals surface area contributed by atoms with Crippen LogP contribution in [-0.2, 0) is 24.4 Å². The zero-order valence-corrected chi connectivity index (χ0v) is 20.2. The molecule has 0 unspecified atom stereocenters. The number of carbonyl (C=O) groups is 1. The number of ether oxygens (including phenoxy) is 4. The minimum Gasteiger partial charge on any atom is -0.497 e. The van der Waals surface area contributed by atoms with Crippen LogP contribution in [0, 0.1) is 6.92 Å². The number of hydrogen-bond acceptors (Lipinski definition) is 8. The van der Waals surface area contributed by atoms with Gasteiger partial charge in [-0.15, -0.1) is 0 Å². The first-order valence-corrected chi connectivity index (χ1v) is 10.9. The standard InChI is InChI=1S/C25H29N3O7/c1-16-20(11-12-29)25(31)28(23(26-16)15-35-19-8-6-18(32-2)7-9-19)14-24(30)27-17-5-10-21(33-3)22(13-17)34-4/h5-10,13,29H,11-12,14-15H2,1-4H3,(H,27,30). The monoisotopic (exact) mass is 483 g/mol. The zero-order chi connectivity index (χ0) is 25.4. The van der Waals surface area contributed by atoms with Crippen molar-refractivity contribution in [2.24, 2.45) is 0 Å².